The highest BCUT2D eigenvalue weighted by Gasteiger charge is 2.18. The number of sulfonamides is 1. The van der Waals surface area contributed by atoms with Gasteiger partial charge in [-0.15, -0.1) is 11.8 Å². The lowest BCUT2D eigenvalue weighted by Crippen LogP contribution is -2.29. The van der Waals surface area contributed by atoms with E-state index >= 15 is 0 Å². The highest BCUT2D eigenvalue weighted by molar-refractivity contribution is 7.98. The quantitative estimate of drug-likeness (QED) is 0.743. The zero-order valence-corrected chi connectivity index (χ0v) is 13.2. The van der Waals surface area contributed by atoms with Crippen molar-refractivity contribution < 1.29 is 18.3 Å². The Morgan fingerprint density at radius 3 is 2.40 bits per heavy atom. The molecule has 0 saturated carbocycles. The summed E-state index contributed by atoms with van der Waals surface area (Å²) in [5.74, 6) is -1.12. The van der Waals surface area contributed by atoms with Gasteiger partial charge in [-0.3, -0.25) is 4.79 Å². The van der Waals surface area contributed by atoms with Crippen LogP contribution >= 0.6 is 11.8 Å². The Hall–Kier alpha value is -1.05. The maximum atomic E-state index is 12.0. The summed E-state index contributed by atoms with van der Waals surface area (Å²) in [5.41, 5.74) is 0.909. The van der Waals surface area contributed by atoms with Gasteiger partial charge in [0.1, 0.15) is 0 Å². The summed E-state index contributed by atoms with van der Waals surface area (Å²) in [6.45, 7) is 0.296. The molecule has 0 radical (unpaired) electrons. The maximum Gasteiger partial charge on any atom is 0.303 e. The first-order valence-corrected chi connectivity index (χ1v) is 8.97. The third kappa shape index (κ3) is 5.52. The second-order valence-corrected chi connectivity index (χ2v) is 7.49. The zero-order chi connectivity index (χ0) is 15.2. The van der Waals surface area contributed by atoms with Crippen LogP contribution in [0.2, 0.25) is 0 Å². The summed E-state index contributed by atoms with van der Waals surface area (Å²) >= 11 is 1.63. The Morgan fingerprint density at radius 1 is 1.30 bits per heavy atom. The summed E-state index contributed by atoms with van der Waals surface area (Å²) in [4.78, 5) is 11.5. The molecule has 0 heterocycles. The summed E-state index contributed by atoms with van der Waals surface area (Å²) < 4.78 is 25.2. The van der Waals surface area contributed by atoms with Gasteiger partial charge in [-0.2, -0.15) is 0 Å². The van der Waals surface area contributed by atoms with Gasteiger partial charge in [0.2, 0.25) is 10.0 Å². The minimum absolute atomic E-state index is 0.129. The van der Waals surface area contributed by atoms with E-state index in [9.17, 15) is 13.2 Å². The van der Waals surface area contributed by atoms with Gasteiger partial charge in [0.15, 0.2) is 0 Å². The number of carbonyl (C=O) groups is 1. The monoisotopic (exact) mass is 317 g/mol. The van der Waals surface area contributed by atoms with Gasteiger partial charge in [-0.05, 0) is 30.4 Å². The molecule has 0 atom stereocenters. The van der Waals surface area contributed by atoms with E-state index in [1.54, 1.807) is 11.8 Å². The van der Waals surface area contributed by atoms with Crippen LogP contribution in [0.25, 0.3) is 0 Å². The van der Waals surface area contributed by atoms with Crippen LogP contribution in [-0.4, -0.2) is 42.9 Å². The van der Waals surface area contributed by atoms with Crippen LogP contribution < -0.4 is 0 Å². The van der Waals surface area contributed by atoms with Crippen molar-refractivity contribution in [3.05, 3.63) is 29.8 Å². The van der Waals surface area contributed by atoms with E-state index in [1.807, 2.05) is 30.5 Å². The normalized spacial score (nSPS) is 11.8. The molecule has 1 rings (SSSR count). The second-order valence-electron chi connectivity index (χ2n) is 4.42. The van der Waals surface area contributed by atoms with Gasteiger partial charge in [0.25, 0.3) is 0 Å². The van der Waals surface area contributed by atoms with Crippen LogP contribution in [0.15, 0.2) is 29.2 Å². The minimum Gasteiger partial charge on any atom is -0.481 e. The van der Waals surface area contributed by atoms with Crippen molar-refractivity contribution in [1.82, 2.24) is 4.31 Å². The third-order valence-electron chi connectivity index (χ3n) is 2.83. The first-order valence-electron chi connectivity index (χ1n) is 6.14. The van der Waals surface area contributed by atoms with Crippen molar-refractivity contribution in [2.45, 2.75) is 24.3 Å². The highest BCUT2D eigenvalue weighted by Crippen LogP contribution is 2.16. The molecule has 0 unspecified atom stereocenters. The van der Waals surface area contributed by atoms with Crippen LogP contribution in [0.1, 0.15) is 18.4 Å². The Kier molecular flexibility index (Phi) is 6.51. The van der Waals surface area contributed by atoms with E-state index in [4.69, 9.17) is 5.11 Å². The van der Waals surface area contributed by atoms with Gasteiger partial charge < -0.3 is 5.11 Å². The number of hydrogen-bond acceptors (Lipinski definition) is 4. The molecule has 5 nitrogen and oxygen atoms in total. The molecule has 0 saturated heterocycles. The summed E-state index contributed by atoms with van der Waals surface area (Å²) in [6.07, 6.45) is 1.98. The van der Waals surface area contributed by atoms with Gasteiger partial charge in [-0.25, -0.2) is 12.7 Å². The summed E-state index contributed by atoms with van der Waals surface area (Å²) in [5, 5.41) is 8.52. The van der Waals surface area contributed by atoms with Crippen LogP contribution in [0, 0.1) is 0 Å². The molecule has 0 aromatic heterocycles. The van der Waals surface area contributed by atoms with Crippen molar-refractivity contribution in [2.24, 2.45) is 0 Å². The molecule has 0 fully saturated rings. The number of rotatable bonds is 8. The van der Waals surface area contributed by atoms with Crippen molar-refractivity contribution in [3.8, 4) is 0 Å². The first kappa shape index (κ1) is 17.0. The van der Waals surface area contributed by atoms with Gasteiger partial charge in [0.05, 0.1) is 5.75 Å². The van der Waals surface area contributed by atoms with E-state index in [-0.39, 0.29) is 18.6 Å². The standard InChI is InChI=1S/C13H19NO4S2/c1-14(20(17,18)9-3-4-13(15)16)10-11-5-7-12(19-2)8-6-11/h5-8H,3-4,9-10H2,1-2H3,(H,15,16). The van der Waals surface area contributed by atoms with Crippen LogP contribution in [0.3, 0.4) is 0 Å². The third-order valence-corrected chi connectivity index (χ3v) is 5.46. The topological polar surface area (TPSA) is 74.7 Å². The Bertz CT molecular complexity index is 540. The van der Waals surface area contributed by atoms with Crippen molar-refractivity contribution in [3.63, 3.8) is 0 Å². The van der Waals surface area contributed by atoms with Crippen molar-refractivity contribution >= 4 is 27.8 Å². The first-order chi connectivity index (χ1) is 9.35. The molecule has 0 aliphatic carbocycles. The number of benzene rings is 1. The molecule has 7 heteroatoms. The molecule has 1 aromatic carbocycles. The van der Waals surface area contributed by atoms with Crippen LogP contribution in [0.4, 0.5) is 0 Å². The Balaban J connectivity index is 2.59. The number of carboxylic acid groups (broad SMARTS) is 1. The van der Waals surface area contributed by atoms with Crippen LogP contribution in [0.5, 0.6) is 0 Å². The maximum absolute atomic E-state index is 12.0. The molecule has 0 spiro atoms. The molecular formula is C13H19NO4S2. The fourth-order valence-corrected chi connectivity index (χ4v) is 3.22. The Morgan fingerprint density at radius 2 is 1.90 bits per heavy atom. The average Bonchev–Trinajstić information content (AvgIpc) is 2.38. The van der Waals surface area contributed by atoms with E-state index in [2.05, 4.69) is 0 Å². The van der Waals surface area contributed by atoms with Gasteiger partial charge in [0, 0.05) is 24.9 Å². The van der Waals surface area contributed by atoms with Crippen molar-refractivity contribution in [2.75, 3.05) is 19.1 Å². The predicted octanol–water partition coefficient (Wildman–Crippen LogP) is 2.03. The number of nitrogens with zero attached hydrogens (tertiary/aromatic N) is 1. The van der Waals surface area contributed by atoms with E-state index < -0.39 is 16.0 Å². The average molecular weight is 317 g/mol. The van der Waals surface area contributed by atoms with Crippen molar-refractivity contribution in [1.29, 1.82) is 0 Å². The van der Waals surface area contributed by atoms with Gasteiger partial charge in [-0.1, -0.05) is 12.1 Å². The number of thioether (sulfide) groups is 1. The number of hydrogen-bond donors (Lipinski definition) is 1. The Labute approximate surface area is 124 Å². The number of carboxylic acids is 1. The SMILES string of the molecule is CSc1ccc(CN(C)S(=O)(=O)CCCC(=O)O)cc1. The minimum atomic E-state index is -3.41. The molecule has 20 heavy (non-hydrogen) atoms. The lowest BCUT2D eigenvalue weighted by molar-refractivity contribution is -0.137. The lowest BCUT2D eigenvalue weighted by Gasteiger charge is -2.17. The smallest absolute Gasteiger partial charge is 0.303 e. The fourth-order valence-electron chi connectivity index (χ4n) is 1.65. The fraction of sp³-hybridized carbons (Fsp3) is 0.462. The largest absolute Gasteiger partial charge is 0.481 e. The number of aliphatic carboxylic acids is 1. The molecular weight excluding hydrogens is 298 g/mol. The highest BCUT2D eigenvalue weighted by atomic mass is 32.2. The summed E-state index contributed by atoms with van der Waals surface area (Å²) in [7, 11) is -1.89. The van der Waals surface area contributed by atoms with E-state index in [0.717, 1.165) is 10.5 Å². The second kappa shape index (κ2) is 7.66. The molecule has 0 aliphatic heterocycles. The summed E-state index contributed by atoms with van der Waals surface area (Å²) in [6, 6.07) is 7.69. The van der Waals surface area contributed by atoms with Gasteiger partial charge >= 0.3 is 5.97 Å². The molecule has 112 valence electrons. The van der Waals surface area contributed by atoms with Crippen LogP contribution in [-0.2, 0) is 21.4 Å². The predicted molar refractivity (Wildman–Crippen MR) is 80.3 cm³/mol. The molecule has 1 aromatic rings. The lowest BCUT2D eigenvalue weighted by atomic mass is 10.2. The molecule has 1 N–H and O–H groups in total. The molecule has 0 bridgehead atoms. The molecule has 0 amide bonds. The zero-order valence-electron chi connectivity index (χ0n) is 11.6. The van der Waals surface area contributed by atoms with E-state index in [0.29, 0.717) is 6.54 Å². The molecule has 0 aliphatic rings. The van der Waals surface area contributed by atoms with E-state index in [1.165, 1.54) is 11.4 Å².